The lowest BCUT2D eigenvalue weighted by atomic mass is 9.64. The van der Waals surface area contributed by atoms with Crippen molar-refractivity contribution in [3.63, 3.8) is 0 Å². The topological polar surface area (TPSA) is 137 Å². The summed E-state index contributed by atoms with van der Waals surface area (Å²) in [4.78, 5) is 40.3. The first kappa shape index (κ1) is 33.8. The largest absolute Gasteiger partial charge is 0.392 e. The Bertz CT molecular complexity index is 1880. The van der Waals surface area contributed by atoms with E-state index < -0.39 is 24.0 Å². The van der Waals surface area contributed by atoms with Crippen LogP contribution in [0.4, 0.5) is 0 Å². The summed E-state index contributed by atoms with van der Waals surface area (Å²) in [5.41, 5.74) is 7.79. The Labute approximate surface area is 311 Å². The van der Waals surface area contributed by atoms with E-state index in [9.17, 15) is 19.8 Å². The van der Waals surface area contributed by atoms with Crippen LogP contribution in [0.2, 0.25) is 0 Å². The smallest absolute Gasteiger partial charge is 0.226 e. The number of rotatable bonds is 6. The summed E-state index contributed by atoms with van der Waals surface area (Å²) in [6, 6.07) is 17.6. The number of aliphatic hydroxyl groups is 2. The van der Waals surface area contributed by atoms with E-state index in [1.165, 1.54) is 44.3 Å². The number of nitrogens with zero attached hydrogens (tertiary/aromatic N) is 2. The van der Waals surface area contributed by atoms with Crippen molar-refractivity contribution in [2.45, 2.75) is 82.1 Å². The van der Waals surface area contributed by atoms with Crippen LogP contribution in [-0.4, -0.2) is 93.3 Å². The van der Waals surface area contributed by atoms with Gasteiger partial charge in [0.2, 0.25) is 11.8 Å². The molecule has 0 radical (unpaired) electrons. The van der Waals surface area contributed by atoms with Crippen molar-refractivity contribution in [3.05, 3.63) is 71.0 Å². The molecule has 2 saturated heterocycles. The Hall–Kier alpha value is -3.70. The Balaban J connectivity index is 0.762. The zero-order valence-electron chi connectivity index (χ0n) is 30.6. The summed E-state index contributed by atoms with van der Waals surface area (Å²) in [7, 11) is 0. The molecular weight excluding hydrogens is 665 g/mol. The van der Waals surface area contributed by atoms with Crippen LogP contribution in [0.15, 0.2) is 48.5 Å². The predicted octanol–water partition coefficient (Wildman–Crippen LogP) is 4.58. The zero-order valence-corrected chi connectivity index (χ0v) is 30.6. The Morgan fingerprint density at radius 3 is 1.58 bits per heavy atom. The van der Waals surface area contributed by atoms with Crippen molar-refractivity contribution in [1.29, 1.82) is 0 Å². The number of piperidine rings is 2. The number of aromatic amines is 2. The first-order chi connectivity index (χ1) is 25.9. The lowest BCUT2D eigenvalue weighted by Gasteiger charge is -2.51. The highest BCUT2D eigenvalue weighted by Crippen LogP contribution is 2.51. The highest BCUT2D eigenvalue weighted by atomic mass is 16.3. The van der Waals surface area contributed by atoms with Crippen LogP contribution < -0.4 is 10.6 Å². The summed E-state index contributed by atoms with van der Waals surface area (Å²) in [5, 5.41) is 31.4. The Kier molecular flexibility index (Phi) is 8.65. The molecular formula is C43H54N6O4. The van der Waals surface area contributed by atoms with Crippen LogP contribution in [0.3, 0.4) is 0 Å². The van der Waals surface area contributed by atoms with E-state index >= 15 is 0 Å². The molecule has 4 aliphatic heterocycles. The molecule has 10 rings (SSSR count). The van der Waals surface area contributed by atoms with Crippen LogP contribution in [-0.2, 0) is 22.4 Å². The van der Waals surface area contributed by atoms with Crippen LogP contribution in [0, 0.1) is 35.5 Å². The van der Waals surface area contributed by atoms with Gasteiger partial charge in [0.1, 0.15) is 0 Å². The molecule has 10 heteroatoms. The van der Waals surface area contributed by atoms with Crippen molar-refractivity contribution in [2.75, 3.05) is 39.3 Å². The van der Waals surface area contributed by atoms with Crippen molar-refractivity contribution < 1.29 is 19.8 Å². The van der Waals surface area contributed by atoms with Crippen molar-refractivity contribution in [2.24, 2.45) is 35.5 Å². The number of carbonyl (C=O) groups excluding carboxylic acids is 2. The predicted molar refractivity (Wildman–Crippen MR) is 204 cm³/mol. The van der Waals surface area contributed by atoms with E-state index in [2.05, 4.69) is 78.9 Å². The number of hydrogen-bond acceptors (Lipinski definition) is 6. The van der Waals surface area contributed by atoms with Gasteiger partial charge in [0, 0.05) is 72.5 Å². The van der Waals surface area contributed by atoms with Gasteiger partial charge >= 0.3 is 0 Å². The second-order valence-electron chi connectivity index (χ2n) is 17.2. The first-order valence-corrected chi connectivity index (χ1v) is 20.5. The van der Waals surface area contributed by atoms with Crippen LogP contribution >= 0.6 is 0 Å². The van der Waals surface area contributed by atoms with Gasteiger partial charge in [-0.25, -0.2) is 0 Å². The minimum atomic E-state index is -0.634. The van der Waals surface area contributed by atoms with Gasteiger partial charge in [0.25, 0.3) is 0 Å². The summed E-state index contributed by atoms with van der Waals surface area (Å²) < 4.78 is 0. The van der Waals surface area contributed by atoms with Gasteiger partial charge in [-0.2, -0.15) is 0 Å². The highest BCUT2D eigenvalue weighted by molar-refractivity contribution is 5.86. The summed E-state index contributed by atoms with van der Waals surface area (Å²) >= 11 is 0. The summed E-state index contributed by atoms with van der Waals surface area (Å²) in [6.07, 6.45) is 6.43. The van der Waals surface area contributed by atoms with Crippen molar-refractivity contribution in [3.8, 4) is 0 Å². The summed E-state index contributed by atoms with van der Waals surface area (Å²) in [6.45, 7) is 4.92. The summed E-state index contributed by atoms with van der Waals surface area (Å²) in [5.74, 6) is 0.134. The molecule has 2 aliphatic carbocycles. The molecule has 2 amide bonds. The second kappa shape index (κ2) is 13.6. The van der Waals surface area contributed by atoms with Crippen molar-refractivity contribution in [1.82, 2.24) is 30.4 Å². The van der Waals surface area contributed by atoms with Gasteiger partial charge in [0.15, 0.2) is 0 Å². The van der Waals surface area contributed by atoms with Gasteiger partial charge in [-0.15, -0.1) is 0 Å². The van der Waals surface area contributed by atoms with Gasteiger partial charge in [-0.3, -0.25) is 19.4 Å². The monoisotopic (exact) mass is 718 g/mol. The molecule has 4 fully saturated rings. The van der Waals surface area contributed by atoms with Crippen molar-refractivity contribution >= 4 is 33.6 Å². The molecule has 2 saturated carbocycles. The number of hydrogen-bond donors (Lipinski definition) is 6. The minimum absolute atomic E-state index is 0.0548. The molecule has 2 aromatic carbocycles. The molecule has 10 nitrogen and oxygen atoms in total. The molecule has 53 heavy (non-hydrogen) atoms. The van der Waals surface area contributed by atoms with Crippen LogP contribution in [0.5, 0.6) is 0 Å². The maximum absolute atomic E-state index is 13.8. The maximum Gasteiger partial charge on any atom is 0.226 e. The average Bonchev–Trinajstić information content (AvgIpc) is 3.75. The number of H-pyrrole nitrogens is 2. The average molecular weight is 719 g/mol. The van der Waals surface area contributed by atoms with E-state index in [1.54, 1.807) is 0 Å². The van der Waals surface area contributed by atoms with E-state index in [-0.39, 0.29) is 35.7 Å². The molecule has 4 aromatic rings. The molecule has 6 aliphatic rings. The standard InChI is InChI=1S/C43H54N6O4/c50-36-12-10-24-22-48-18-14-28-26-6-1-3-8-32(26)46-40(28)34(48)20-30(24)38(36)42(52)44-16-5-17-45-43(53)39-31-21-35-41-29(27-7-2-4-9-33(27)47-41)15-19-49(35)23-25(31)11-13-37(39)51/h1-4,6-9,24-25,30-31,34-39,46-47,50-51H,5,10-23H2,(H,44,52)(H,45,53)/t24-,25+,30-,31?,34-,35+,36-,37+,38+,39-/m1/s1. The maximum atomic E-state index is 13.8. The van der Waals surface area contributed by atoms with E-state index in [4.69, 9.17) is 0 Å². The Morgan fingerprint density at radius 1 is 0.660 bits per heavy atom. The van der Waals surface area contributed by atoms with Crippen LogP contribution in [0.25, 0.3) is 21.8 Å². The highest BCUT2D eigenvalue weighted by Gasteiger charge is 2.50. The van der Waals surface area contributed by atoms with E-state index in [1.807, 2.05) is 0 Å². The third-order valence-corrected chi connectivity index (χ3v) is 14.7. The number of benzene rings is 2. The fraction of sp³-hybridized carbons (Fsp3) is 0.581. The third-order valence-electron chi connectivity index (χ3n) is 14.7. The number of para-hydroxylation sites is 2. The number of nitrogens with one attached hydrogen (secondary N) is 4. The lowest BCUT2D eigenvalue weighted by Crippen LogP contribution is -2.55. The number of amides is 2. The first-order valence-electron chi connectivity index (χ1n) is 20.5. The molecule has 2 aromatic heterocycles. The number of carbonyl (C=O) groups is 2. The van der Waals surface area contributed by atoms with Gasteiger partial charge < -0.3 is 30.8 Å². The minimum Gasteiger partial charge on any atom is -0.392 e. The molecule has 0 bridgehead atoms. The normalized spacial score (nSPS) is 33.9. The van der Waals surface area contributed by atoms with Gasteiger partial charge in [-0.1, -0.05) is 36.4 Å². The molecule has 6 N–H and O–H groups in total. The zero-order chi connectivity index (χ0) is 35.8. The van der Waals surface area contributed by atoms with Crippen LogP contribution in [0.1, 0.15) is 79.5 Å². The molecule has 280 valence electrons. The van der Waals surface area contributed by atoms with E-state index in [0.717, 1.165) is 64.7 Å². The number of aromatic nitrogens is 2. The molecule has 10 atom stereocenters. The lowest BCUT2D eigenvalue weighted by molar-refractivity contribution is -0.139. The molecule has 6 heterocycles. The fourth-order valence-corrected chi connectivity index (χ4v) is 12.2. The number of fused-ring (bicyclic) bond motifs is 12. The Morgan fingerprint density at radius 2 is 1.11 bits per heavy atom. The fourth-order valence-electron chi connectivity index (χ4n) is 12.2. The SMILES string of the molecule is O=C(NCCCNC(=O)[C@@H]1C2C[C@H]3c4[nH]c5ccccc5c4CCN3C[C@@H]2CC[C@@H]1O)[C@H]1[C@@H]2C[C@@H]3c4[nH]c5ccccc5c4CCN3C[C@H]2CC[C@H]1O. The number of aliphatic hydroxyl groups excluding tert-OH is 2. The molecule has 1 unspecified atom stereocenters. The van der Waals surface area contributed by atoms with Gasteiger partial charge in [0.05, 0.1) is 36.1 Å². The third kappa shape index (κ3) is 5.74. The van der Waals surface area contributed by atoms with Gasteiger partial charge in [-0.05, 0) is 105 Å². The van der Waals surface area contributed by atoms with E-state index in [0.29, 0.717) is 44.2 Å². The quantitative estimate of drug-likeness (QED) is 0.162. The second-order valence-corrected chi connectivity index (χ2v) is 17.2. The molecule has 0 spiro atoms.